The van der Waals surface area contributed by atoms with Crippen molar-refractivity contribution in [3.8, 4) is 0 Å². The van der Waals surface area contributed by atoms with Crippen LogP contribution in [-0.2, 0) is 28.8 Å². The molecule has 3 amide bonds. The molecule has 13 nitrogen and oxygen atoms in total. The number of carboxylic acids is 1. The molecule has 404 valence electrons. The smallest absolute Gasteiger partial charge is 0.306 e. The Labute approximate surface area is 450 Å². The van der Waals surface area contributed by atoms with Gasteiger partial charge in [-0.1, -0.05) is 202 Å². The molecule has 1 fully saturated rings. The maximum atomic E-state index is 12.6. The lowest BCUT2D eigenvalue weighted by Gasteiger charge is -2.19. The SMILES string of the molecule is C1CCNCC1.C[C@@H](CCC(N)=O)C(=O)CC(c1ccccc1)c1ccccc1.C[C@@H](CCC(N)=O)C(=O)O.NC(=O)CC[C@H](N)C(=O)CC(c1ccccc1)c1ccccc1.NC(c1ccccc1)c1ccccc1. The lowest BCUT2D eigenvalue weighted by atomic mass is 9.84. The number of aliphatic carboxylic acids is 1. The monoisotopic (exact) mass is 1030 g/mol. The Kier molecular flexibility index (Phi) is 30.0. The number of nitrogens with two attached hydrogens (primary N) is 5. The number of carboxylic acid groups (broad SMARTS) is 1. The first-order valence-electron chi connectivity index (χ1n) is 26.2. The molecule has 0 aliphatic carbocycles. The summed E-state index contributed by atoms with van der Waals surface area (Å²) in [7, 11) is 0. The maximum absolute atomic E-state index is 12.6. The number of amides is 3. The Morgan fingerprint density at radius 2 is 0.711 bits per heavy atom. The summed E-state index contributed by atoms with van der Waals surface area (Å²) in [6.45, 7) is 5.92. The zero-order valence-corrected chi connectivity index (χ0v) is 44.3. The first-order valence-corrected chi connectivity index (χ1v) is 26.2. The van der Waals surface area contributed by atoms with E-state index >= 15 is 0 Å². The molecule has 0 aromatic heterocycles. The molecule has 0 spiro atoms. The highest BCUT2D eigenvalue weighted by molar-refractivity contribution is 5.86. The second-order valence-electron chi connectivity index (χ2n) is 19.0. The van der Waals surface area contributed by atoms with Gasteiger partial charge in [-0.05, 0) is 78.6 Å². The molecule has 13 heteroatoms. The molecule has 3 atom stereocenters. The van der Waals surface area contributed by atoms with Crippen LogP contribution in [0.3, 0.4) is 0 Å². The lowest BCUT2D eigenvalue weighted by molar-refractivity contribution is -0.141. The number of nitrogens with one attached hydrogen (secondary N) is 1. The summed E-state index contributed by atoms with van der Waals surface area (Å²) in [5, 5.41) is 11.6. The third kappa shape index (κ3) is 25.6. The Hall–Kier alpha value is -7.58. The fourth-order valence-electron chi connectivity index (χ4n) is 8.13. The molecular formula is C63H80N6O7. The van der Waals surface area contributed by atoms with Crippen LogP contribution in [-0.4, -0.2) is 59.5 Å². The highest BCUT2D eigenvalue weighted by atomic mass is 16.4. The van der Waals surface area contributed by atoms with E-state index in [1.54, 1.807) is 6.92 Å². The molecule has 0 unspecified atom stereocenters. The maximum Gasteiger partial charge on any atom is 0.306 e. The topological polar surface area (TPSA) is 265 Å². The fraction of sp³-hybridized carbons (Fsp3) is 0.333. The van der Waals surface area contributed by atoms with Crippen LogP contribution in [0.4, 0.5) is 0 Å². The normalized spacial score (nSPS) is 12.8. The van der Waals surface area contributed by atoms with Crippen molar-refractivity contribution in [2.75, 3.05) is 13.1 Å². The molecule has 0 saturated carbocycles. The second kappa shape index (κ2) is 36.4. The third-order valence-corrected chi connectivity index (χ3v) is 12.9. The molecule has 7 rings (SSSR count). The lowest BCUT2D eigenvalue weighted by Crippen LogP contribution is -2.33. The first-order chi connectivity index (χ1) is 36.6. The number of primary amides is 3. The van der Waals surface area contributed by atoms with E-state index < -0.39 is 29.7 Å². The molecule has 1 saturated heterocycles. The molecule has 76 heavy (non-hydrogen) atoms. The van der Waals surface area contributed by atoms with Gasteiger partial charge in [-0.3, -0.25) is 28.8 Å². The van der Waals surface area contributed by atoms with Gasteiger partial charge in [0.05, 0.1) is 18.0 Å². The van der Waals surface area contributed by atoms with Gasteiger partial charge < -0.3 is 39.1 Å². The van der Waals surface area contributed by atoms with Gasteiger partial charge in [0.1, 0.15) is 11.6 Å². The Morgan fingerprint density at radius 3 is 0.987 bits per heavy atom. The van der Waals surface area contributed by atoms with Crippen molar-refractivity contribution in [2.45, 2.75) is 108 Å². The van der Waals surface area contributed by atoms with Crippen LogP contribution in [0.1, 0.15) is 136 Å². The summed E-state index contributed by atoms with van der Waals surface area (Å²) < 4.78 is 0. The Bertz CT molecular complexity index is 2320. The molecule has 1 heterocycles. The molecule has 1 aliphatic rings. The van der Waals surface area contributed by atoms with E-state index in [9.17, 15) is 28.8 Å². The number of Topliss-reactive ketones (excluding diaryl/α,β-unsaturated/α-hetero) is 2. The standard InChI is InChI=1S/C20H23NO2.C19H22N2O2.C13H13N.C6H11NO3.C5H11N/c1-15(12-13-20(21)23)19(22)14-18(16-8-4-2-5-9-16)17-10-6-3-7-11-17;20-17(11-12-19(21)23)18(22)13-16(14-7-3-1-4-8-14)15-9-5-2-6-10-15;14-13(11-7-3-1-4-8-11)12-9-5-2-6-10-12;1-4(6(9)10)2-3-5(7)8;1-2-4-6-5-3-1/h2-11,15,18H,12-14H2,1H3,(H2,21,23);1-10,16-17H,11-13,20H2,(H2,21,23);1-10,13H,14H2;4H,2-3H2,1H3,(H2,7,8)(H,9,10);6H,1-5H2/t15-;17-;;4-;/m00.0./s1. The van der Waals surface area contributed by atoms with Crippen molar-refractivity contribution < 1.29 is 33.9 Å². The van der Waals surface area contributed by atoms with E-state index in [4.69, 9.17) is 33.8 Å². The first kappa shape index (κ1) is 62.7. The van der Waals surface area contributed by atoms with E-state index in [2.05, 4.69) is 53.8 Å². The summed E-state index contributed by atoms with van der Waals surface area (Å²) in [6.07, 6.45) is 6.64. The van der Waals surface area contributed by atoms with Crippen LogP contribution in [0.15, 0.2) is 182 Å². The van der Waals surface area contributed by atoms with Gasteiger partial charge in [0.2, 0.25) is 17.7 Å². The summed E-state index contributed by atoms with van der Waals surface area (Å²) in [5.41, 5.74) is 33.9. The number of hydrogen-bond acceptors (Lipinski definition) is 9. The number of rotatable bonds is 22. The number of carbonyl (C=O) groups is 6. The van der Waals surface area contributed by atoms with Crippen LogP contribution in [0, 0.1) is 11.8 Å². The highest BCUT2D eigenvalue weighted by Crippen LogP contribution is 2.31. The fourth-order valence-corrected chi connectivity index (χ4v) is 8.13. The zero-order chi connectivity index (χ0) is 55.5. The molecule has 1 aliphatic heterocycles. The van der Waals surface area contributed by atoms with Gasteiger partial charge in [0.15, 0.2) is 0 Å². The second-order valence-corrected chi connectivity index (χ2v) is 19.0. The molecule has 12 N–H and O–H groups in total. The van der Waals surface area contributed by atoms with Crippen LogP contribution < -0.4 is 34.0 Å². The van der Waals surface area contributed by atoms with Crippen molar-refractivity contribution >= 4 is 35.3 Å². The van der Waals surface area contributed by atoms with Gasteiger partial charge >= 0.3 is 5.97 Å². The molecule has 0 radical (unpaired) electrons. The predicted octanol–water partition coefficient (Wildman–Crippen LogP) is 9.52. The molecule has 0 bridgehead atoms. The molecular weight excluding hydrogens is 953 g/mol. The van der Waals surface area contributed by atoms with Gasteiger partial charge in [0, 0.05) is 49.9 Å². The van der Waals surface area contributed by atoms with E-state index in [-0.39, 0.29) is 60.5 Å². The van der Waals surface area contributed by atoms with Crippen LogP contribution in [0.2, 0.25) is 0 Å². The number of carbonyl (C=O) groups excluding carboxylic acids is 5. The zero-order valence-electron chi connectivity index (χ0n) is 44.3. The largest absolute Gasteiger partial charge is 0.481 e. The van der Waals surface area contributed by atoms with Crippen molar-refractivity contribution in [3.63, 3.8) is 0 Å². The van der Waals surface area contributed by atoms with Crippen molar-refractivity contribution in [1.29, 1.82) is 0 Å². The average molecular weight is 1030 g/mol. The van der Waals surface area contributed by atoms with Gasteiger partial charge in [-0.15, -0.1) is 0 Å². The van der Waals surface area contributed by atoms with Crippen LogP contribution in [0.5, 0.6) is 0 Å². The predicted molar refractivity (Wildman–Crippen MR) is 304 cm³/mol. The molecule has 6 aromatic carbocycles. The van der Waals surface area contributed by atoms with E-state index in [1.165, 1.54) is 32.4 Å². The van der Waals surface area contributed by atoms with E-state index in [1.807, 2.05) is 140 Å². The van der Waals surface area contributed by atoms with Crippen molar-refractivity contribution in [1.82, 2.24) is 5.32 Å². The van der Waals surface area contributed by atoms with Gasteiger partial charge in [0.25, 0.3) is 0 Å². The van der Waals surface area contributed by atoms with Gasteiger partial charge in [-0.2, -0.15) is 0 Å². The summed E-state index contributed by atoms with van der Waals surface area (Å²) >= 11 is 0. The summed E-state index contributed by atoms with van der Waals surface area (Å²) in [5.74, 6) is -2.64. The number of piperidine rings is 1. The average Bonchev–Trinajstić information content (AvgIpc) is 3.46. The quantitative estimate of drug-likeness (QED) is 0.0338. The van der Waals surface area contributed by atoms with Crippen LogP contribution in [0.25, 0.3) is 0 Å². The van der Waals surface area contributed by atoms with Crippen molar-refractivity contribution in [3.05, 3.63) is 215 Å². The summed E-state index contributed by atoms with van der Waals surface area (Å²) in [6, 6.07) is 59.5. The van der Waals surface area contributed by atoms with Crippen molar-refractivity contribution in [2.24, 2.45) is 40.5 Å². The van der Waals surface area contributed by atoms with Crippen LogP contribution >= 0.6 is 0 Å². The Morgan fingerprint density at radius 1 is 0.421 bits per heavy atom. The summed E-state index contributed by atoms with van der Waals surface area (Å²) in [4.78, 5) is 67.1. The minimum Gasteiger partial charge on any atom is -0.481 e. The Balaban J connectivity index is 0.000000267. The van der Waals surface area contributed by atoms with Gasteiger partial charge in [-0.25, -0.2) is 0 Å². The minimum absolute atomic E-state index is 0.0163. The van der Waals surface area contributed by atoms with E-state index in [0.29, 0.717) is 32.1 Å². The third-order valence-electron chi connectivity index (χ3n) is 12.9. The highest BCUT2D eigenvalue weighted by Gasteiger charge is 2.24. The van der Waals surface area contributed by atoms with E-state index in [0.717, 1.165) is 33.4 Å². The molecule has 6 aromatic rings. The number of hydrogen-bond donors (Lipinski definition) is 7. The number of ketones is 2. The minimum atomic E-state index is -0.888. The number of benzene rings is 6.